The number of nitrogens with two attached hydrogens (primary N) is 1. The molecule has 2 heteroatoms. The number of benzene rings is 1. The van der Waals surface area contributed by atoms with Crippen LogP contribution in [0.15, 0.2) is 48.7 Å². The van der Waals surface area contributed by atoms with Gasteiger partial charge in [0.1, 0.15) is 0 Å². The highest BCUT2D eigenvalue weighted by molar-refractivity contribution is 5.26. The van der Waals surface area contributed by atoms with Crippen LogP contribution in [-0.4, -0.2) is 11.5 Å². The fourth-order valence-electron chi connectivity index (χ4n) is 2.48. The predicted octanol–water partition coefficient (Wildman–Crippen LogP) is 3.46. The van der Waals surface area contributed by atoms with Crippen LogP contribution >= 0.6 is 0 Å². The Bertz CT molecular complexity index is 494. The summed E-state index contributed by atoms with van der Waals surface area (Å²) in [7, 11) is 0. The van der Waals surface area contributed by atoms with E-state index in [2.05, 4.69) is 48.3 Å². The molecular weight excluding hydrogens is 232 g/mol. The Morgan fingerprint density at radius 3 is 2.53 bits per heavy atom. The highest BCUT2D eigenvalue weighted by Gasteiger charge is 2.12. The number of hydrogen-bond acceptors (Lipinski definition) is 2. The first kappa shape index (κ1) is 13.8. The SMILES string of the molecule is Cc1ccccc1CCC(CCN)c1ccccn1. The Kier molecular flexibility index (Phi) is 5.10. The van der Waals surface area contributed by atoms with Gasteiger partial charge in [0.05, 0.1) is 0 Å². The third kappa shape index (κ3) is 3.90. The molecule has 0 bridgehead atoms. The molecule has 0 amide bonds. The first-order valence-electron chi connectivity index (χ1n) is 6.96. The van der Waals surface area contributed by atoms with E-state index in [1.807, 2.05) is 12.3 Å². The summed E-state index contributed by atoms with van der Waals surface area (Å²) in [5.41, 5.74) is 9.71. The number of hydrogen-bond donors (Lipinski definition) is 1. The van der Waals surface area contributed by atoms with Gasteiger partial charge in [0.15, 0.2) is 0 Å². The van der Waals surface area contributed by atoms with E-state index < -0.39 is 0 Å². The molecule has 0 saturated carbocycles. The van der Waals surface area contributed by atoms with E-state index in [1.165, 1.54) is 16.8 Å². The van der Waals surface area contributed by atoms with Crippen LogP contribution in [0.1, 0.15) is 35.6 Å². The monoisotopic (exact) mass is 254 g/mol. The molecule has 1 aromatic heterocycles. The van der Waals surface area contributed by atoms with Crippen molar-refractivity contribution in [2.45, 2.75) is 32.1 Å². The van der Waals surface area contributed by atoms with Gasteiger partial charge in [-0.05, 0) is 56.0 Å². The minimum atomic E-state index is 0.464. The van der Waals surface area contributed by atoms with Crippen LogP contribution in [0, 0.1) is 6.92 Å². The summed E-state index contributed by atoms with van der Waals surface area (Å²) in [5, 5.41) is 0. The first-order chi connectivity index (χ1) is 9.31. The number of pyridine rings is 1. The number of aryl methyl sites for hydroxylation is 2. The topological polar surface area (TPSA) is 38.9 Å². The van der Waals surface area contributed by atoms with Crippen molar-refractivity contribution in [3.05, 3.63) is 65.5 Å². The zero-order valence-corrected chi connectivity index (χ0v) is 11.5. The normalized spacial score (nSPS) is 12.3. The van der Waals surface area contributed by atoms with Gasteiger partial charge in [0.25, 0.3) is 0 Å². The quantitative estimate of drug-likeness (QED) is 0.857. The van der Waals surface area contributed by atoms with Gasteiger partial charge >= 0.3 is 0 Å². The molecule has 0 aliphatic carbocycles. The largest absolute Gasteiger partial charge is 0.330 e. The molecule has 0 saturated heterocycles. The van der Waals surface area contributed by atoms with E-state index in [4.69, 9.17) is 5.73 Å². The van der Waals surface area contributed by atoms with Gasteiger partial charge in [-0.2, -0.15) is 0 Å². The maximum absolute atomic E-state index is 5.74. The molecule has 1 unspecified atom stereocenters. The molecule has 0 fully saturated rings. The standard InChI is InChI=1S/C17H22N2/c1-14-6-2-3-7-15(14)9-10-16(11-12-18)17-8-4-5-13-19-17/h2-8,13,16H,9-12,18H2,1H3. The van der Waals surface area contributed by atoms with Gasteiger partial charge in [0.2, 0.25) is 0 Å². The van der Waals surface area contributed by atoms with Crippen molar-refractivity contribution in [3.8, 4) is 0 Å². The Morgan fingerprint density at radius 2 is 1.84 bits per heavy atom. The van der Waals surface area contributed by atoms with Crippen LogP contribution in [0.2, 0.25) is 0 Å². The second-order valence-corrected chi connectivity index (χ2v) is 4.99. The lowest BCUT2D eigenvalue weighted by molar-refractivity contribution is 0.569. The highest BCUT2D eigenvalue weighted by atomic mass is 14.7. The summed E-state index contributed by atoms with van der Waals surface area (Å²) < 4.78 is 0. The summed E-state index contributed by atoms with van der Waals surface area (Å²) in [5.74, 6) is 0.464. The molecule has 2 aromatic rings. The average Bonchev–Trinajstić information content (AvgIpc) is 2.46. The minimum absolute atomic E-state index is 0.464. The van der Waals surface area contributed by atoms with Crippen LogP contribution in [0.3, 0.4) is 0 Å². The molecule has 2 N–H and O–H groups in total. The lowest BCUT2D eigenvalue weighted by atomic mass is 9.92. The average molecular weight is 254 g/mol. The van der Waals surface area contributed by atoms with Crippen molar-refractivity contribution in [1.82, 2.24) is 4.98 Å². The van der Waals surface area contributed by atoms with Gasteiger partial charge in [0, 0.05) is 17.8 Å². The van der Waals surface area contributed by atoms with E-state index in [-0.39, 0.29) is 0 Å². The maximum atomic E-state index is 5.74. The highest BCUT2D eigenvalue weighted by Crippen LogP contribution is 2.23. The van der Waals surface area contributed by atoms with Gasteiger partial charge in [-0.3, -0.25) is 4.98 Å². The molecule has 0 aliphatic heterocycles. The number of rotatable bonds is 6. The summed E-state index contributed by atoms with van der Waals surface area (Å²) in [6, 6.07) is 14.7. The molecule has 2 nitrogen and oxygen atoms in total. The smallest absolute Gasteiger partial charge is 0.0435 e. The molecule has 100 valence electrons. The zero-order chi connectivity index (χ0) is 13.5. The molecule has 0 spiro atoms. The Balaban J connectivity index is 2.04. The second-order valence-electron chi connectivity index (χ2n) is 4.99. The van der Waals surface area contributed by atoms with Crippen molar-refractivity contribution in [1.29, 1.82) is 0 Å². The van der Waals surface area contributed by atoms with Crippen molar-refractivity contribution in [2.24, 2.45) is 5.73 Å². The molecule has 1 aromatic carbocycles. The van der Waals surface area contributed by atoms with Crippen molar-refractivity contribution in [2.75, 3.05) is 6.54 Å². The molecule has 19 heavy (non-hydrogen) atoms. The molecule has 0 aliphatic rings. The summed E-state index contributed by atoms with van der Waals surface area (Å²) in [4.78, 5) is 4.48. The van der Waals surface area contributed by atoms with Gasteiger partial charge < -0.3 is 5.73 Å². The van der Waals surface area contributed by atoms with Gasteiger partial charge in [-0.15, -0.1) is 0 Å². The van der Waals surface area contributed by atoms with Gasteiger partial charge in [-0.1, -0.05) is 30.3 Å². The van der Waals surface area contributed by atoms with E-state index in [0.717, 1.165) is 25.8 Å². The third-order valence-corrected chi connectivity index (χ3v) is 3.64. The lowest BCUT2D eigenvalue weighted by Gasteiger charge is -2.16. The fourth-order valence-corrected chi connectivity index (χ4v) is 2.48. The minimum Gasteiger partial charge on any atom is -0.330 e. The van der Waals surface area contributed by atoms with Crippen molar-refractivity contribution in [3.63, 3.8) is 0 Å². The summed E-state index contributed by atoms with van der Waals surface area (Å²) >= 11 is 0. The summed E-state index contributed by atoms with van der Waals surface area (Å²) in [6.07, 6.45) is 5.07. The third-order valence-electron chi connectivity index (χ3n) is 3.64. The summed E-state index contributed by atoms with van der Waals surface area (Å²) in [6.45, 7) is 2.89. The Hall–Kier alpha value is -1.67. The number of aromatic nitrogens is 1. The molecule has 1 heterocycles. The Labute approximate surface area is 115 Å². The molecule has 0 radical (unpaired) electrons. The first-order valence-corrected chi connectivity index (χ1v) is 6.96. The van der Waals surface area contributed by atoms with E-state index in [9.17, 15) is 0 Å². The van der Waals surface area contributed by atoms with E-state index in [0.29, 0.717) is 5.92 Å². The number of nitrogens with zero attached hydrogens (tertiary/aromatic N) is 1. The van der Waals surface area contributed by atoms with Crippen molar-refractivity contribution >= 4 is 0 Å². The van der Waals surface area contributed by atoms with Crippen molar-refractivity contribution < 1.29 is 0 Å². The van der Waals surface area contributed by atoms with Crippen LogP contribution in [0.4, 0.5) is 0 Å². The maximum Gasteiger partial charge on any atom is 0.0435 e. The predicted molar refractivity (Wildman–Crippen MR) is 80.1 cm³/mol. The fraction of sp³-hybridized carbons (Fsp3) is 0.353. The molecular formula is C17H22N2. The Morgan fingerprint density at radius 1 is 1.05 bits per heavy atom. The molecule has 2 rings (SSSR count). The second kappa shape index (κ2) is 7.05. The van der Waals surface area contributed by atoms with Crippen LogP contribution in [-0.2, 0) is 6.42 Å². The zero-order valence-electron chi connectivity index (χ0n) is 11.5. The van der Waals surface area contributed by atoms with Crippen LogP contribution < -0.4 is 5.73 Å². The van der Waals surface area contributed by atoms with Crippen LogP contribution in [0.5, 0.6) is 0 Å². The van der Waals surface area contributed by atoms with E-state index in [1.54, 1.807) is 0 Å². The lowest BCUT2D eigenvalue weighted by Crippen LogP contribution is -2.10. The van der Waals surface area contributed by atoms with Gasteiger partial charge in [-0.25, -0.2) is 0 Å². The van der Waals surface area contributed by atoms with Crippen LogP contribution in [0.25, 0.3) is 0 Å². The van der Waals surface area contributed by atoms with E-state index >= 15 is 0 Å². The molecule has 1 atom stereocenters.